The Morgan fingerprint density at radius 3 is 2.80 bits per heavy atom. The summed E-state index contributed by atoms with van der Waals surface area (Å²) < 4.78 is 2.00. The van der Waals surface area contributed by atoms with Crippen LogP contribution in [0.15, 0.2) is 12.5 Å². The van der Waals surface area contributed by atoms with Crippen molar-refractivity contribution < 1.29 is 10.2 Å². The molecule has 2 N–H and O–H groups in total. The van der Waals surface area contributed by atoms with Crippen molar-refractivity contribution in [3.8, 4) is 0 Å². The number of aromatic nitrogens is 3. The fourth-order valence-electron chi connectivity index (χ4n) is 4.33. The second kappa shape index (κ2) is 3.59. The number of hydrogen-bond donors (Lipinski definition) is 2. The molecule has 0 radical (unpaired) electrons. The van der Waals surface area contributed by atoms with Gasteiger partial charge >= 0.3 is 0 Å². The summed E-state index contributed by atoms with van der Waals surface area (Å²) in [6.07, 6.45) is 6.85. The minimum atomic E-state index is -0.689. The van der Waals surface area contributed by atoms with Crippen LogP contribution in [0.4, 0.5) is 0 Å². The quantitative estimate of drug-likeness (QED) is 0.806. The van der Waals surface area contributed by atoms with E-state index in [-0.39, 0.29) is 12.0 Å². The fourth-order valence-corrected chi connectivity index (χ4v) is 4.33. The highest BCUT2D eigenvalue weighted by Crippen LogP contribution is 2.57. The SMILES string of the molecule is OC1C(O)C(n2cnc3c4c(cnc32)CCC4)C2CC12. The lowest BCUT2D eigenvalue weighted by atomic mass is 10.1. The van der Waals surface area contributed by atoms with Gasteiger partial charge in [-0.25, -0.2) is 9.97 Å². The van der Waals surface area contributed by atoms with E-state index in [1.165, 1.54) is 17.5 Å². The van der Waals surface area contributed by atoms with Gasteiger partial charge in [0.25, 0.3) is 0 Å². The molecule has 0 bridgehead atoms. The van der Waals surface area contributed by atoms with Gasteiger partial charge in [0.2, 0.25) is 0 Å². The average Bonchev–Trinajstić information content (AvgIpc) is 2.82. The fraction of sp³-hybridized carbons (Fsp3) is 0.600. The number of fused-ring (bicyclic) bond motifs is 4. The molecule has 0 aliphatic heterocycles. The molecule has 0 aromatic carbocycles. The number of hydrogen-bond acceptors (Lipinski definition) is 4. The first-order valence-electron chi connectivity index (χ1n) is 7.45. The van der Waals surface area contributed by atoms with Crippen LogP contribution in [0.1, 0.15) is 30.0 Å². The molecular formula is C15H17N3O2. The standard InChI is InChI=1S/C15H17N3O2/c19-13-10-4-9(10)12(14(13)20)18-6-17-11-8-3-1-2-7(8)5-16-15(11)18/h5-6,9-10,12-14,19-20H,1-4H2. The second-order valence-corrected chi connectivity index (χ2v) is 6.47. The molecule has 2 aromatic heterocycles. The summed E-state index contributed by atoms with van der Waals surface area (Å²) in [5, 5.41) is 20.3. The molecule has 20 heavy (non-hydrogen) atoms. The summed E-state index contributed by atoms with van der Waals surface area (Å²) in [6.45, 7) is 0. The molecule has 104 valence electrons. The third-order valence-corrected chi connectivity index (χ3v) is 5.45. The highest BCUT2D eigenvalue weighted by atomic mass is 16.3. The van der Waals surface area contributed by atoms with Crippen LogP contribution in [0.5, 0.6) is 0 Å². The van der Waals surface area contributed by atoms with Crippen LogP contribution >= 0.6 is 0 Å². The minimum absolute atomic E-state index is 0.0630. The lowest BCUT2D eigenvalue weighted by Gasteiger charge is -2.22. The molecule has 2 heterocycles. The number of imidazole rings is 1. The van der Waals surface area contributed by atoms with Crippen LogP contribution in [0.3, 0.4) is 0 Å². The van der Waals surface area contributed by atoms with E-state index in [2.05, 4.69) is 9.97 Å². The Kier molecular flexibility index (Phi) is 2.02. The first kappa shape index (κ1) is 11.2. The van der Waals surface area contributed by atoms with Gasteiger partial charge in [-0.3, -0.25) is 0 Å². The molecule has 3 aliphatic rings. The second-order valence-electron chi connectivity index (χ2n) is 6.47. The van der Waals surface area contributed by atoms with E-state index in [0.29, 0.717) is 5.92 Å². The first-order chi connectivity index (χ1) is 9.75. The number of rotatable bonds is 1. The van der Waals surface area contributed by atoms with Crippen molar-refractivity contribution in [2.24, 2.45) is 11.8 Å². The summed E-state index contributed by atoms with van der Waals surface area (Å²) in [4.78, 5) is 9.13. The normalized spacial score (nSPS) is 38.2. The highest BCUT2D eigenvalue weighted by molar-refractivity contribution is 5.77. The number of nitrogens with zero attached hydrogens (tertiary/aromatic N) is 3. The molecule has 0 amide bonds. The maximum Gasteiger partial charge on any atom is 0.160 e. The number of pyridine rings is 1. The van der Waals surface area contributed by atoms with Crippen molar-refractivity contribution in [1.29, 1.82) is 0 Å². The van der Waals surface area contributed by atoms with E-state index in [0.717, 1.165) is 30.4 Å². The van der Waals surface area contributed by atoms with Crippen LogP contribution in [0.2, 0.25) is 0 Å². The van der Waals surface area contributed by atoms with Crippen molar-refractivity contribution in [1.82, 2.24) is 14.5 Å². The van der Waals surface area contributed by atoms with Gasteiger partial charge in [0.1, 0.15) is 11.6 Å². The summed E-state index contributed by atoms with van der Waals surface area (Å²) in [5.41, 5.74) is 4.51. The van der Waals surface area contributed by atoms with Crippen molar-refractivity contribution in [3.63, 3.8) is 0 Å². The van der Waals surface area contributed by atoms with Crippen LogP contribution in [0, 0.1) is 11.8 Å². The van der Waals surface area contributed by atoms with Crippen LogP contribution < -0.4 is 0 Å². The molecule has 5 unspecified atom stereocenters. The predicted molar refractivity (Wildman–Crippen MR) is 72.2 cm³/mol. The Hall–Kier alpha value is -1.46. The molecule has 5 heteroatoms. The molecule has 5 rings (SSSR count). The van der Waals surface area contributed by atoms with Gasteiger partial charge in [-0.2, -0.15) is 0 Å². The van der Waals surface area contributed by atoms with Crippen molar-refractivity contribution in [2.45, 2.75) is 43.9 Å². The first-order valence-corrected chi connectivity index (χ1v) is 7.45. The van der Waals surface area contributed by atoms with Crippen molar-refractivity contribution in [2.75, 3.05) is 0 Å². The predicted octanol–water partition coefficient (Wildman–Crippen LogP) is 0.833. The van der Waals surface area contributed by atoms with Gasteiger partial charge < -0.3 is 14.8 Å². The largest absolute Gasteiger partial charge is 0.390 e. The third kappa shape index (κ3) is 1.25. The average molecular weight is 271 g/mol. The zero-order valence-electron chi connectivity index (χ0n) is 11.1. The number of aliphatic hydroxyl groups is 2. The van der Waals surface area contributed by atoms with Gasteiger partial charge in [-0.15, -0.1) is 0 Å². The topological polar surface area (TPSA) is 71.2 Å². The molecule has 5 nitrogen and oxygen atoms in total. The van der Waals surface area contributed by atoms with E-state index in [1.807, 2.05) is 10.8 Å². The molecule has 2 aromatic rings. The van der Waals surface area contributed by atoms with Crippen molar-refractivity contribution >= 4 is 11.2 Å². The zero-order valence-corrected chi connectivity index (χ0v) is 11.1. The van der Waals surface area contributed by atoms with E-state index >= 15 is 0 Å². The lowest BCUT2D eigenvalue weighted by molar-refractivity contribution is 0.00386. The molecule has 2 fully saturated rings. The van der Waals surface area contributed by atoms with E-state index in [9.17, 15) is 10.2 Å². The van der Waals surface area contributed by atoms with Gasteiger partial charge in [-0.05, 0) is 48.6 Å². The van der Waals surface area contributed by atoms with Crippen LogP contribution in [0.25, 0.3) is 11.2 Å². The van der Waals surface area contributed by atoms with Gasteiger partial charge in [0.15, 0.2) is 5.65 Å². The molecule has 0 saturated heterocycles. The lowest BCUT2D eigenvalue weighted by Crippen LogP contribution is -2.31. The maximum absolute atomic E-state index is 10.3. The summed E-state index contributed by atoms with van der Waals surface area (Å²) in [6, 6.07) is -0.0630. The van der Waals surface area contributed by atoms with Crippen LogP contribution in [-0.4, -0.2) is 37.0 Å². The smallest absolute Gasteiger partial charge is 0.160 e. The molecule has 3 aliphatic carbocycles. The van der Waals surface area contributed by atoms with Crippen LogP contribution in [-0.2, 0) is 12.8 Å². The molecule has 5 atom stereocenters. The van der Waals surface area contributed by atoms with Gasteiger partial charge in [-0.1, -0.05) is 0 Å². The van der Waals surface area contributed by atoms with Crippen molar-refractivity contribution in [3.05, 3.63) is 23.7 Å². The van der Waals surface area contributed by atoms with E-state index in [4.69, 9.17) is 0 Å². The Morgan fingerprint density at radius 2 is 2.00 bits per heavy atom. The Morgan fingerprint density at radius 1 is 1.10 bits per heavy atom. The van der Waals surface area contributed by atoms with E-state index in [1.54, 1.807) is 6.33 Å². The molecular weight excluding hydrogens is 254 g/mol. The Labute approximate surface area is 116 Å². The minimum Gasteiger partial charge on any atom is -0.390 e. The zero-order chi connectivity index (χ0) is 13.4. The molecule has 2 saturated carbocycles. The Balaban J connectivity index is 1.67. The summed E-state index contributed by atoms with van der Waals surface area (Å²) >= 11 is 0. The third-order valence-electron chi connectivity index (χ3n) is 5.45. The summed E-state index contributed by atoms with van der Waals surface area (Å²) in [7, 11) is 0. The van der Waals surface area contributed by atoms with Gasteiger partial charge in [0, 0.05) is 6.20 Å². The number of aliphatic hydroxyl groups excluding tert-OH is 2. The van der Waals surface area contributed by atoms with Gasteiger partial charge in [0.05, 0.1) is 18.5 Å². The maximum atomic E-state index is 10.3. The Bertz CT molecular complexity index is 710. The monoisotopic (exact) mass is 271 g/mol. The highest BCUT2D eigenvalue weighted by Gasteiger charge is 2.60. The summed E-state index contributed by atoms with van der Waals surface area (Å²) in [5.74, 6) is 0.648. The molecule has 0 spiro atoms. The number of aryl methyl sites for hydroxylation is 2. The van der Waals surface area contributed by atoms with E-state index < -0.39 is 12.2 Å².